The normalized spacial score (nSPS) is 26.9. The van der Waals surface area contributed by atoms with Gasteiger partial charge in [-0.15, -0.1) is 0 Å². The number of carbonyl (C=O) groups excluding carboxylic acids is 3. The third-order valence-electron chi connectivity index (χ3n) is 11.3. The molecule has 2 aliphatic heterocycles. The standard InChI is InChI=1S/C43H46N2O8/c1-45(34(40(47)44-19-20-46)21-27-9-3-2-4-10-27)41(48)32-23-37(39-38(24-32)52-43(53-39)25-30-12-5-6-13-31(30)26-43)51-42(49)33-14-8-7-11-29(33)17-15-28-16-18-35-36(22-28)50-35/h2-15,17,24,28,34-39,46H,16,18-23,25-26H2,1H3,(H,44,47)/t28?,34-,35?,36?,37-,38-,39+/m1/s1. The van der Waals surface area contributed by atoms with Gasteiger partial charge in [-0.2, -0.15) is 0 Å². The molecule has 3 aromatic carbocycles. The van der Waals surface area contributed by atoms with Crippen LogP contribution in [0.15, 0.2) is 96.6 Å². The number of nitrogens with zero attached hydrogens (tertiary/aromatic N) is 1. The number of fused-ring (bicyclic) bond motifs is 3. The first kappa shape index (κ1) is 35.4. The molecule has 10 nitrogen and oxygen atoms in total. The largest absolute Gasteiger partial charge is 0.456 e. The zero-order valence-electron chi connectivity index (χ0n) is 29.9. The van der Waals surface area contributed by atoms with Gasteiger partial charge in [-0.25, -0.2) is 4.79 Å². The first-order valence-electron chi connectivity index (χ1n) is 18.8. The third kappa shape index (κ3) is 7.59. The number of hydrogen-bond acceptors (Lipinski definition) is 8. The first-order valence-corrected chi connectivity index (χ1v) is 18.8. The van der Waals surface area contributed by atoms with Gasteiger partial charge in [-0.05, 0) is 59.6 Å². The van der Waals surface area contributed by atoms with Crippen LogP contribution in [0.3, 0.4) is 0 Å². The van der Waals surface area contributed by atoms with E-state index in [1.807, 2.05) is 66.7 Å². The van der Waals surface area contributed by atoms with Gasteiger partial charge >= 0.3 is 5.97 Å². The molecule has 3 unspecified atom stereocenters. The van der Waals surface area contributed by atoms with E-state index in [1.54, 1.807) is 19.2 Å². The number of amides is 2. The molecule has 2 saturated heterocycles. The Morgan fingerprint density at radius 3 is 2.45 bits per heavy atom. The van der Waals surface area contributed by atoms with Crippen LogP contribution in [0.25, 0.3) is 6.08 Å². The highest BCUT2D eigenvalue weighted by molar-refractivity contribution is 5.98. The number of aliphatic hydroxyl groups is 1. The van der Waals surface area contributed by atoms with E-state index in [1.165, 1.54) is 4.90 Å². The van der Waals surface area contributed by atoms with Crippen molar-refractivity contribution in [3.63, 3.8) is 0 Å². The van der Waals surface area contributed by atoms with E-state index in [4.69, 9.17) is 18.9 Å². The van der Waals surface area contributed by atoms with E-state index >= 15 is 0 Å². The molecular weight excluding hydrogens is 672 g/mol. The first-order chi connectivity index (χ1) is 25.8. The molecule has 0 radical (unpaired) electrons. The number of epoxide rings is 1. The second-order valence-corrected chi connectivity index (χ2v) is 14.9. The lowest BCUT2D eigenvalue weighted by atomic mass is 9.88. The average Bonchev–Trinajstić information content (AvgIpc) is 3.74. The van der Waals surface area contributed by atoms with E-state index in [0.717, 1.165) is 41.5 Å². The summed E-state index contributed by atoms with van der Waals surface area (Å²) in [5.74, 6) is -1.81. The van der Waals surface area contributed by atoms with Crippen LogP contribution in [0.2, 0.25) is 0 Å². The summed E-state index contributed by atoms with van der Waals surface area (Å²) in [5, 5.41) is 12.1. The molecule has 53 heavy (non-hydrogen) atoms. The molecule has 7 atom stereocenters. The molecule has 5 aliphatic rings. The van der Waals surface area contributed by atoms with Gasteiger partial charge in [0.2, 0.25) is 11.8 Å². The number of rotatable bonds is 11. The van der Waals surface area contributed by atoms with Crippen LogP contribution in [0, 0.1) is 5.92 Å². The summed E-state index contributed by atoms with van der Waals surface area (Å²) in [5.41, 5.74) is 4.74. The molecule has 0 aromatic heterocycles. The van der Waals surface area contributed by atoms with Crippen LogP contribution < -0.4 is 5.32 Å². The molecule has 3 fully saturated rings. The summed E-state index contributed by atoms with van der Waals surface area (Å²) >= 11 is 0. The number of carbonyl (C=O) groups is 3. The van der Waals surface area contributed by atoms with E-state index in [-0.39, 0.29) is 37.8 Å². The highest BCUT2D eigenvalue weighted by Gasteiger charge is 2.55. The Kier molecular flexibility index (Phi) is 10.0. The van der Waals surface area contributed by atoms with E-state index in [2.05, 4.69) is 23.5 Å². The smallest absolute Gasteiger partial charge is 0.339 e. The number of aliphatic hydroxyl groups excluding tert-OH is 1. The Bertz CT molecular complexity index is 1880. The lowest BCUT2D eigenvalue weighted by Gasteiger charge is -2.33. The highest BCUT2D eigenvalue weighted by atomic mass is 16.8. The van der Waals surface area contributed by atoms with Crippen LogP contribution in [0.4, 0.5) is 0 Å². The highest BCUT2D eigenvalue weighted by Crippen LogP contribution is 2.45. The fourth-order valence-corrected chi connectivity index (χ4v) is 8.44. The van der Waals surface area contributed by atoms with Crippen molar-refractivity contribution in [1.82, 2.24) is 10.2 Å². The van der Waals surface area contributed by atoms with Crippen molar-refractivity contribution in [3.8, 4) is 0 Å². The van der Waals surface area contributed by atoms with Gasteiger partial charge in [0.1, 0.15) is 24.4 Å². The Morgan fingerprint density at radius 2 is 1.70 bits per heavy atom. The lowest BCUT2D eigenvalue weighted by Crippen LogP contribution is -2.51. The quantitative estimate of drug-likeness (QED) is 0.218. The summed E-state index contributed by atoms with van der Waals surface area (Å²) < 4.78 is 25.5. The molecule has 2 heterocycles. The molecule has 10 heteroatoms. The number of ether oxygens (including phenoxy) is 4. The Hall–Kier alpha value is -4.61. The molecular formula is C43H46N2O8. The second kappa shape index (κ2) is 15.0. The van der Waals surface area contributed by atoms with Gasteiger partial charge < -0.3 is 34.3 Å². The second-order valence-electron chi connectivity index (χ2n) is 14.9. The van der Waals surface area contributed by atoms with Crippen molar-refractivity contribution >= 4 is 23.9 Å². The average molecular weight is 719 g/mol. The zero-order chi connectivity index (χ0) is 36.5. The summed E-state index contributed by atoms with van der Waals surface area (Å²) in [7, 11) is 1.61. The minimum Gasteiger partial charge on any atom is -0.456 e. The van der Waals surface area contributed by atoms with Crippen LogP contribution in [-0.2, 0) is 47.8 Å². The molecule has 0 bridgehead atoms. The topological polar surface area (TPSA) is 127 Å². The Morgan fingerprint density at radius 1 is 0.962 bits per heavy atom. The summed E-state index contributed by atoms with van der Waals surface area (Å²) in [6.45, 7) is -0.153. The SMILES string of the molecule is CN(C(=O)C1=C[C@H]2OC3(Cc4ccccc4C3)O[C@H]2[C@H](OC(=O)c2ccccc2C=CC2CCC3OC3C2)C1)[C@H](Cc1ccccc1)C(=O)NCCO. The van der Waals surface area contributed by atoms with Crippen LogP contribution in [0.1, 0.15) is 58.3 Å². The van der Waals surface area contributed by atoms with Crippen LogP contribution in [-0.4, -0.2) is 90.3 Å². The van der Waals surface area contributed by atoms with Crippen LogP contribution in [0.5, 0.6) is 0 Å². The number of hydrogen-bond donors (Lipinski definition) is 2. The van der Waals surface area contributed by atoms with Crippen molar-refractivity contribution in [2.24, 2.45) is 5.92 Å². The van der Waals surface area contributed by atoms with Gasteiger partial charge in [-0.1, -0.05) is 84.9 Å². The predicted octanol–water partition coefficient (Wildman–Crippen LogP) is 4.58. The maximum Gasteiger partial charge on any atom is 0.339 e. The van der Waals surface area contributed by atoms with Crippen molar-refractivity contribution in [3.05, 3.63) is 124 Å². The molecule has 1 spiro atoms. The molecule has 2 amide bonds. The maximum atomic E-state index is 14.4. The molecule has 276 valence electrons. The van der Waals surface area contributed by atoms with E-state index < -0.39 is 36.1 Å². The van der Waals surface area contributed by atoms with Crippen molar-refractivity contribution in [1.29, 1.82) is 0 Å². The molecule has 3 aliphatic carbocycles. The molecule has 2 N–H and O–H groups in total. The summed E-state index contributed by atoms with van der Waals surface area (Å²) in [4.78, 5) is 43.3. The molecule has 8 rings (SSSR count). The fourth-order valence-electron chi connectivity index (χ4n) is 8.44. The zero-order valence-corrected chi connectivity index (χ0v) is 29.9. The predicted molar refractivity (Wildman–Crippen MR) is 197 cm³/mol. The Labute approximate surface area is 309 Å². The monoisotopic (exact) mass is 718 g/mol. The van der Waals surface area contributed by atoms with E-state index in [0.29, 0.717) is 42.1 Å². The van der Waals surface area contributed by atoms with E-state index in [9.17, 15) is 19.5 Å². The summed E-state index contributed by atoms with van der Waals surface area (Å²) in [6, 6.07) is 24.2. The van der Waals surface area contributed by atoms with Crippen molar-refractivity contribution in [2.75, 3.05) is 20.2 Å². The minimum absolute atomic E-state index is 0.0685. The number of benzene rings is 3. The van der Waals surface area contributed by atoms with Gasteiger partial charge in [-0.3, -0.25) is 9.59 Å². The minimum atomic E-state index is -0.949. The van der Waals surface area contributed by atoms with Crippen molar-refractivity contribution < 1.29 is 38.4 Å². The van der Waals surface area contributed by atoms with Gasteiger partial charge in [0.25, 0.3) is 0 Å². The number of allylic oxidation sites excluding steroid dienone is 1. The maximum absolute atomic E-state index is 14.4. The Balaban J connectivity index is 1.05. The van der Waals surface area contributed by atoms with Gasteiger partial charge in [0, 0.05) is 44.8 Å². The summed E-state index contributed by atoms with van der Waals surface area (Å²) in [6.07, 6.45) is 9.17. The van der Waals surface area contributed by atoms with Gasteiger partial charge in [0.05, 0.1) is 24.4 Å². The fraction of sp³-hybridized carbons (Fsp3) is 0.419. The lowest BCUT2D eigenvalue weighted by molar-refractivity contribution is -0.172. The third-order valence-corrected chi connectivity index (χ3v) is 11.3. The van der Waals surface area contributed by atoms with Crippen molar-refractivity contribution in [2.45, 2.75) is 87.3 Å². The molecule has 1 saturated carbocycles. The molecule has 3 aromatic rings. The van der Waals surface area contributed by atoms with Gasteiger partial charge in [0.15, 0.2) is 5.79 Å². The number of nitrogens with one attached hydrogen (secondary N) is 1. The number of esters is 1. The van der Waals surface area contributed by atoms with Crippen LogP contribution >= 0.6 is 0 Å². The number of likely N-dealkylation sites (N-methyl/N-ethyl adjacent to an activating group) is 1.